The molecule has 3 aromatic rings. The fourth-order valence-corrected chi connectivity index (χ4v) is 3.08. The number of para-hydroxylation sites is 2. The van der Waals surface area contributed by atoms with Gasteiger partial charge in [0.1, 0.15) is 5.82 Å². The second-order valence-electron chi connectivity index (χ2n) is 5.37. The minimum Gasteiger partial charge on any atom is -0.341 e. The van der Waals surface area contributed by atoms with E-state index in [1.807, 2.05) is 18.2 Å². The van der Waals surface area contributed by atoms with Crippen LogP contribution in [0.2, 0.25) is 0 Å². The van der Waals surface area contributed by atoms with Crippen molar-refractivity contribution in [3.05, 3.63) is 65.5 Å². The Morgan fingerprint density at radius 3 is 2.90 bits per heavy atom. The van der Waals surface area contributed by atoms with Crippen LogP contribution in [0.3, 0.4) is 0 Å². The van der Waals surface area contributed by atoms with Gasteiger partial charge in [-0.15, -0.1) is 0 Å². The van der Waals surface area contributed by atoms with Crippen LogP contribution in [0.4, 0.5) is 0 Å². The zero-order valence-electron chi connectivity index (χ0n) is 11.3. The zero-order chi connectivity index (χ0) is 13.4. The molecule has 1 aliphatic carbocycles. The lowest BCUT2D eigenvalue weighted by Crippen LogP contribution is -2.19. The molecule has 0 spiro atoms. The van der Waals surface area contributed by atoms with Crippen LogP contribution >= 0.6 is 0 Å². The molecule has 100 valence electrons. The summed E-state index contributed by atoms with van der Waals surface area (Å²) >= 11 is 0. The lowest BCUT2D eigenvalue weighted by Gasteiger charge is -2.12. The summed E-state index contributed by atoms with van der Waals surface area (Å²) in [7, 11) is 0. The van der Waals surface area contributed by atoms with Crippen LogP contribution in [-0.2, 0) is 13.0 Å². The number of fused-ring (bicyclic) bond motifs is 2. The predicted octanol–water partition coefficient (Wildman–Crippen LogP) is 3.34. The van der Waals surface area contributed by atoms with Crippen molar-refractivity contribution < 1.29 is 0 Å². The van der Waals surface area contributed by atoms with E-state index in [-0.39, 0.29) is 0 Å². The standard InChI is InChI=1S/C17H17N3/c1-2-6-13-12(5-1)9-10-14(13)18-11-17-19-15-7-3-4-8-16(15)20-17/h1-8,14,18H,9-11H2,(H,19,20). The Kier molecular flexibility index (Phi) is 2.78. The number of aryl methyl sites for hydroxylation is 1. The van der Waals surface area contributed by atoms with Gasteiger partial charge < -0.3 is 10.3 Å². The molecule has 0 saturated heterocycles. The Hall–Kier alpha value is -2.13. The molecule has 0 fully saturated rings. The van der Waals surface area contributed by atoms with Crippen LogP contribution in [0.25, 0.3) is 11.0 Å². The molecule has 1 unspecified atom stereocenters. The van der Waals surface area contributed by atoms with Crippen molar-refractivity contribution in [1.29, 1.82) is 0 Å². The lowest BCUT2D eigenvalue weighted by atomic mass is 10.1. The molecule has 3 nitrogen and oxygen atoms in total. The van der Waals surface area contributed by atoms with Crippen molar-refractivity contribution in [3.63, 3.8) is 0 Å². The Balaban J connectivity index is 1.51. The molecule has 0 bridgehead atoms. The summed E-state index contributed by atoms with van der Waals surface area (Å²) in [6.07, 6.45) is 2.35. The van der Waals surface area contributed by atoms with E-state index < -0.39 is 0 Å². The number of hydrogen-bond acceptors (Lipinski definition) is 2. The molecule has 1 aromatic heterocycles. The molecule has 1 atom stereocenters. The van der Waals surface area contributed by atoms with Crippen molar-refractivity contribution in [2.45, 2.75) is 25.4 Å². The lowest BCUT2D eigenvalue weighted by molar-refractivity contribution is 0.521. The summed E-state index contributed by atoms with van der Waals surface area (Å²) in [4.78, 5) is 7.98. The molecule has 2 N–H and O–H groups in total. The number of hydrogen-bond donors (Lipinski definition) is 2. The molecule has 0 radical (unpaired) electrons. The first-order valence-electron chi connectivity index (χ1n) is 7.15. The molecule has 20 heavy (non-hydrogen) atoms. The number of aromatic nitrogens is 2. The van der Waals surface area contributed by atoms with Gasteiger partial charge in [0.25, 0.3) is 0 Å². The maximum absolute atomic E-state index is 4.61. The fraction of sp³-hybridized carbons (Fsp3) is 0.235. The highest BCUT2D eigenvalue weighted by atomic mass is 15.0. The van der Waals surface area contributed by atoms with Gasteiger partial charge in [-0.1, -0.05) is 36.4 Å². The second-order valence-corrected chi connectivity index (χ2v) is 5.37. The summed E-state index contributed by atoms with van der Waals surface area (Å²) in [5.74, 6) is 1.01. The first-order chi connectivity index (χ1) is 9.90. The summed E-state index contributed by atoms with van der Waals surface area (Å²) in [6.45, 7) is 0.785. The SMILES string of the molecule is c1ccc2c(c1)CCC2NCc1nc2ccccc2[nH]1. The Bertz CT molecular complexity index is 712. The summed E-state index contributed by atoms with van der Waals surface area (Å²) in [5.41, 5.74) is 5.07. The molecule has 1 aliphatic rings. The number of aromatic amines is 1. The van der Waals surface area contributed by atoms with Gasteiger partial charge >= 0.3 is 0 Å². The van der Waals surface area contributed by atoms with E-state index in [4.69, 9.17) is 0 Å². The predicted molar refractivity (Wildman–Crippen MR) is 80.4 cm³/mol. The van der Waals surface area contributed by atoms with Crippen LogP contribution in [0.5, 0.6) is 0 Å². The molecule has 2 aromatic carbocycles. The molecular formula is C17H17N3. The molecule has 1 heterocycles. The number of nitrogens with zero attached hydrogens (tertiary/aromatic N) is 1. The zero-order valence-corrected chi connectivity index (χ0v) is 11.3. The second kappa shape index (κ2) is 4.76. The van der Waals surface area contributed by atoms with Crippen LogP contribution in [0.1, 0.15) is 29.4 Å². The highest BCUT2D eigenvalue weighted by Gasteiger charge is 2.21. The van der Waals surface area contributed by atoms with Gasteiger partial charge in [0.05, 0.1) is 17.6 Å². The van der Waals surface area contributed by atoms with Gasteiger partial charge in [-0.25, -0.2) is 4.98 Å². The molecule has 0 amide bonds. The number of nitrogens with one attached hydrogen (secondary N) is 2. The third-order valence-electron chi connectivity index (χ3n) is 4.09. The minimum atomic E-state index is 0.458. The summed E-state index contributed by atoms with van der Waals surface area (Å²) in [5, 5.41) is 3.62. The van der Waals surface area contributed by atoms with E-state index in [2.05, 4.69) is 45.6 Å². The highest BCUT2D eigenvalue weighted by Crippen LogP contribution is 2.30. The van der Waals surface area contributed by atoms with Crippen LogP contribution in [0, 0.1) is 0 Å². The average molecular weight is 263 g/mol. The maximum atomic E-state index is 4.61. The third kappa shape index (κ3) is 2.00. The van der Waals surface area contributed by atoms with Crippen LogP contribution < -0.4 is 5.32 Å². The largest absolute Gasteiger partial charge is 0.341 e. The fourth-order valence-electron chi connectivity index (χ4n) is 3.08. The highest BCUT2D eigenvalue weighted by molar-refractivity contribution is 5.74. The number of rotatable bonds is 3. The van der Waals surface area contributed by atoms with Crippen molar-refractivity contribution in [2.75, 3.05) is 0 Å². The number of imidazole rings is 1. The minimum absolute atomic E-state index is 0.458. The van der Waals surface area contributed by atoms with Crippen molar-refractivity contribution in [2.24, 2.45) is 0 Å². The normalized spacial score (nSPS) is 17.5. The number of benzene rings is 2. The van der Waals surface area contributed by atoms with Gasteiger partial charge in [0.2, 0.25) is 0 Å². The monoisotopic (exact) mass is 263 g/mol. The number of H-pyrrole nitrogens is 1. The molecule has 3 heteroatoms. The summed E-state index contributed by atoms with van der Waals surface area (Å²) < 4.78 is 0. The summed E-state index contributed by atoms with van der Waals surface area (Å²) in [6, 6.07) is 17.3. The molecular weight excluding hydrogens is 246 g/mol. The molecule has 0 aliphatic heterocycles. The Morgan fingerprint density at radius 2 is 1.95 bits per heavy atom. The average Bonchev–Trinajstić information content (AvgIpc) is 3.08. The van der Waals surface area contributed by atoms with E-state index in [1.165, 1.54) is 24.0 Å². The Morgan fingerprint density at radius 1 is 1.10 bits per heavy atom. The molecule has 4 rings (SSSR count). The quantitative estimate of drug-likeness (QED) is 0.761. The van der Waals surface area contributed by atoms with Gasteiger partial charge in [0.15, 0.2) is 0 Å². The topological polar surface area (TPSA) is 40.7 Å². The van der Waals surface area contributed by atoms with Gasteiger partial charge in [-0.05, 0) is 36.1 Å². The third-order valence-corrected chi connectivity index (χ3v) is 4.09. The van der Waals surface area contributed by atoms with E-state index in [0.29, 0.717) is 6.04 Å². The smallest absolute Gasteiger partial charge is 0.121 e. The van der Waals surface area contributed by atoms with Crippen LogP contribution in [-0.4, -0.2) is 9.97 Å². The Labute approximate surface area is 118 Å². The van der Waals surface area contributed by atoms with Gasteiger partial charge in [-0.2, -0.15) is 0 Å². The molecule has 0 saturated carbocycles. The maximum Gasteiger partial charge on any atom is 0.121 e. The van der Waals surface area contributed by atoms with E-state index in [1.54, 1.807) is 0 Å². The van der Waals surface area contributed by atoms with Gasteiger partial charge in [0, 0.05) is 6.04 Å². The van der Waals surface area contributed by atoms with E-state index in [0.717, 1.165) is 23.4 Å². The van der Waals surface area contributed by atoms with Crippen molar-refractivity contribution in [1.82, 2.24) is 15.3 Å². The first kappa shape index (κ1) is 11.7. The van der Waals surface area contributed by atoms with Gasteiger partial charge in [-0.3, -0.25) is 0 Å². The van der Waals surface area contributed by atoms with E-state index in [9.17, 15) is 0 Å². The first-order valence-corrected chi connectivity index (χ1v) is 7.15. The van der Waals surface area contributed by atoms with Crippen molar-refractivity contribution in [3.8, 4) is 0 Å². The van der Waals surface area contributed by atoms with E-state index >= 15 is 0 Å². The van der Waals surface area contributed by atoms with Crippen LogP contribution in [0.15, 0.2) is 48.5 Å². The van der Waals surface area contributed by atoms with Crippen molar-refractivity contribution >= 4 is 11.0 Å².